The highest BCUT2D eigenvalue weighted by Crippen LogP contribution is 2.31. The Morgan fingerprint density at radius 3 is 2.21 bits per heavy atom. The van der Waals surface area contributed by atoms with Gasteiger partial charge >= 0.3 is 12.1 Å². The first kappa shape index (κ1) is 29.6. The van der Waals surface area contributed by atoms with Crippen molar-refractivity contribution < 1.29 is 32.2 Å². The first-order chi connectivity index (χ1) is 18.7. The number of esters is 1. The highest BCUT2D eigenvalue weighted by atomic mass is 19.4. The van der Waals surface area contributed by atoms with Crippen molar-refractivity contribution in [1.29, 1.82) is 0 Å². The molecule has 1 heterocycles. The fraction of sp³-hybridized carbons (Fsp3) is 0.379. The van der Waals surface area contributed by atoms with Gasteiger partial charge < -0.3 is 14.8 Å². The molecule has 1 aromatic heterocycles. The fourth-order valence-electron chi connectivity index (χ4n) is 3.84. The van der Waals surface area contributed by atoms with Crippen LogP contribution in [-0.4, -0.2) is 35.5 Å². The Hall–Kier alpha value is -3.95. The average molecular weight is 544 g/mol. The van der Waals surface area contributed by atoms with Crippen molar-refractivity contribution in [2.45, 2.75) is 57.7 Å². The van der Waals surface area contributed by atoms with Crippen LogP contribution in [0.1, 0.15) is 73.0 Å². The number of nitrogens with one attached hydrogen (secondary N) is 1. The summed E-state index contributed by atoms with van der Waals surface area (Å²) >= 11 is 0. The molecule has 1 amide bonds. The largest absolute Gasteiger partial charge is 0.486 e. The molecule has 7 nitrogen and oxygen atoms in total. The molecule has 0 bridgehead atoms. The van der Waals surface area contributed by atoms with Gasteiger partial charge in [-0.15, -0.1) is 0 Å². The van der Waals surface area contributed by atoms with Crippen LogP contribution in [0.5, 0.6) is 5.75 Å². The molecule has 0 fully saturated rings. The van der Waals surface area contributed by atoms with Crippen molar-refractivity contribution in [3.05, 3.63) is 77.6 Å². The van der Waals surface area contributed by atoms with Gasteiger partial charge in [0.2, 0.25) is 0 Å². The molecule has 0 aliphatic heterocycles. The summed E-state index contributed by atoms with van der Waals surface area (Å²) in [7, 11) is 1.29. The molecule has 3 aromatic rings. The van der Waals surface area contributed by atoms with Crippen molar-refractivity contribution in [2.24, 2.45) is 0 Å². The van der Waals surface area contributed by atoms with Gasteiger partial charge in [-0.3, -0.25) is 9.59 Å². The van der Waals surface area contributed by atoms with E-state index in [-0.39, 0.29) is 25.0 Å². The predicted octanol–water partition coefficient (Wildman–Crippen LogP) is 6.55. The summed E-state index contributed by atoms with van der Waals surface area (Å²) in [5.74, 6) is 0.169. The molecule has 10 heteroatoms. The minimum Gasteiger partial charge on any atom is -0.486 e. The van der Waals surface area contributed by atoms with Crippen LogP contribution in [0.25, 0.3) is 11.4 Å². The molecular formula is C29H32F3N3O4. The van der Waals surface area contributed by atoms with Gasteiger partial charge in [0.1, 0.15) is 11.9 Å². The lowest BCUT2D eigenvalue weighted by Gasteiger charge is -2.20. The summed E-state index contributed by atoms with van der Waals surface area (Å²) in [5.41, 5.74) is 0.922. The zero-order valence-electron chi connectivity index (χ0n) is 22.0. The summed E-state index contributed by atoms with van der Waals surface area (Å²) in [6.45, 7) is 2.31. The first-order valence-corrected chi connectivity index (χ1v) is 12.8. The maximum absolute atomic E-state index is 12.9. The molecule has 0 aliphatic carbocycles. The molecule has 1 unspecified atom stereocenters. The van der Waals surface area contributed by atoms with Gasteiger partial charge in [0.05, 0.1) is 19.1 Å². The van der Waals surface area contributed by atoms with Crippen LogP contribution < -0.4 is 10.1 Å². The van der Waals surface area contributed by atoms with E-state index >= 15 is 0 Å². The number of methoxy groups -OCH3 is 1. The molecule has 0 saturated heterocycles. The zero-order valence-corrected chi connectivity index (χ0v) is 22.0. The highest BCUT2D eigenvalue weighted by Gasteiger charge is 2.30. The number of ether oxygens (including phenoxy) is 2. The number of alkyl halides is 3. The maximum Gasteiger partial charge on any atom is 0.416 e. The molecule has 2 aromatic carbocycles. The lowest BCUT2D eigenvalue weighted by atomic mass is 10.0. The van der Waals surface area contributed by atoms with Crippen LogP contribution in [0.2, 0.25) is 0 Å². The molecule has 0 spiro atoms. The SMILES string of the molecule is CCCCCCC(Oc1ccc(C(=O)NCCC(=O)OC)cc1)c1cnc(-c2ccc(C(F)(F)F)cc2)nc1. The number of carbonyl (C=O) groups excluding carboxylic acids is 2. The van der Waals surface area contributed by atoms with Crippen molar-refractivity contribution >= 4 is 11.9 Å². The molecular weight excluding hydrogens is 511 g/mol. The summed E-state index contributed by atoms with van der Waals surface area (Å²) in [4.78, 5) is 32.3. The Morgan fingerprint density at radius 1 is 0.949 bits per heavy atom. The van der Waals surface area contributed by atoms with Gasteiger partial charge in [-0.25, -0.2) is 9.97 Å². The number of carbonyl (C=O) groups is 2. The number of unbranched alkanes of at least 4 members (excludes halogenated alkanes) is 3. The van der Waals surface area contributed by atoms with E-state index in [2.05, 4.69) is 26.9 Å². The first-order valence-electron chi connectivity index (χ1n) is 12.8. The molecule has 0 aliphatic rings. The van der Waals surface area contributed by atoms with E-state index in [0.717, 1.165) is 49.8 Å². The van der Waals surface area contributed by atoms with Crippen LogP contribution >= 0.6 is 0 Å². The van der Waals surface area contributed by atoms with Crippen LogP contribution in [0.15, 0.2) is 60.9 Å². The number of rotatable bonds is 13. The van der Waals surface area contributed by atoms with Crippen LogP contribution in [-0.2, 0) is 15.7 Å². The summed E-state index contributed by atoms with van der Waals surface area (Å²) in [6, 6.07) is 11.4. The van der Waals surface area contributed by atoms with E-state index in [1.807, 2.05) is 0 Å². The highest BCUT2D eigenvalue weighted by molar-refractivity contribution is 5.94. The van der Waals surface area contributed by atoms with Crippen molar-refractivity contribution in [3.8, 4) is 17.1 Å². The Bertz CT molecular complexity index is 1200. The lowest BCUT2D eigenvalue weighted by Crippen LogP contribution is -2.26. The smallest absolute Gasteiger partial charge is 0.416 e. The average Bonchev–Trinajstić information content (AvgIpc) is 2.94. The molecule has 0 saturated carbocycles. The van der Waals surface area contributed by atoms with Crippen LogP contribution in [0.3, 0.4) is 0 Å². The van der Waals surface area contributed by atoms with Gasteiger partial charge in [-0.2, -0.15) is 13.2 Å². The van der Waals surface area contributed by atoms with Crippen molar-refractivity contribution in [3.63, 3.8) is 0 Å². The second-order valence-electron chi connectivity index (χ2n) is 8.98. The molecule has 39 heavy (non-hydrogen) atoms. The second-order valence-corrected chi connectivity index (χ2v) is 8.98. The van der Waals surface area contributed by atoms with Crippen molar-refractivity contribution in [2.75, 3.05) is 13.7 Å². The summed E-state index contributed by atoms with van der Waals surface area (Å²) in [5, 5.41) is 2.67. The number of hydrogen-bond donors (Lipinski definition) is 1. The van der Waals surface area contributed by atoms with Crippen LogP contribution in [0, 0.1) is 0 Å². The third kappa shape index (κ3) is 9.08. The van der Waals surface area contributed by atoms with E-state index in [4.69, 9.17) is 4.74 Å². The molecule has 0 radical (unpaired) electrons. The Morgan fingerprint density at radius 2 is 1.62 bits per heavy atom. The van der Waals surface area contributed by atoms with E-state index in [1.54, 1.807) is 36.7 Å². The molecule has 208 valence electrons. The fourth-order valence-corrected chi connectivity index (χ4v) is 3.84. The van der Waals surface area contributed by atoms with Gasteiger partial charge in [-0.1, -0.05) is 38.3 Å². The number of hydrogen-bond acceptors (Lipinski definition) is 6. The number of benzene rings is 2. The van der Waals surface area contributed by atoms with Crippen LogP contribution in [0.4, 0.5) is 13.2 Å². The Kier molecular flexibility index (Phi) is 10.8. The quantitative estimate of drug-likeness (QED) is 0.194. The lowest BCUT2D eigenvalue weighted by molar-refractivity contribution is -0.140. The number of amides is 1. The molecule has 1 atom stereocenters. The normalized spacial score (nSPS) is 12.0. The minimum absolute atomic E-state index is 0.0862. The topological polar surface area (TPSA) is 90.4 Å². The number of nitrogens with zero attached hydrogens (tertiary/aromatic N) is 2. The summed E-state index contributed by atoms with van der Waals surface area (Å²) in [6.07, 6.45) is 3.50. The summed E-state index contributed by atoms with van der Waals surface area (Å²) < 4.78 is 49.4. The standard InChI is InChI=1S/C29H32F3N3O4/c1-3-4-5-6-7-25(39-24-14-10-21(11-15-24)28(37)33-17-16-26(36)38-2)22-18-34-27(35-19-22)20-8-12-23(13-9-20)29(30,31)32/h8-15,18-19,25H,3-7,16-17H2,1-2H3,(H,33,37). The zero-order chi connectivity index (χ0) is 28.3. The monoisotopic (exact) mass is 543 g/mol. The Balaban J connectivity index is 1.69. The third-order valence-electron chi connectivity index (χ3n) is 6.07. The minimum atomic E-state index is -4.40. The van der Waals surface area contributed by atoms with E-state index in [0.29, 0.717) is 22.7 Å². The third-order valence-corrected chi connectivity index (χ3v) is 6.07. The van der Waals surface area contributed by atoms with E-state index < -0.39 is 17.7 Å². The van der Waals surface area contributed by atoms with Gasteiger partial charge in [0.15, 0.2) is 5.82 Å². The van der Waals surface area contributed by atoms with Gasteiger partial charge in [-0.05, 0) is 49.2 Å². The number of halogens is 3. The van der Waals surface area contributed by atoms with Gasteiger partial charge in [0, 0.05) is 35.6 Å². The number of aromatic nitrogens is 2. The maximum atomic E-state index is 12.9. The van der Waals surface area contributed by atoms with Gasteiger partial charge in [0.25, 0.3) is 5.91 Å². The predicted molar refractivity (Wildman–Crippen MR) is 140 cm³/mol. The van der Waals surface area contributed by atoms with Crippen molar-refractivity contribution in [1.82, 2.24) is 15.3 Å². The Labute approximate surface area is 225 Å². The molecule has 3 rings (SSSR count). The molecule has 1 N–H and O–H groups in total. The van der Waals surface area contributed by atoms with E-state index in [1.165, 1.54) is 19.2 Å². The van der Waals surface area contributed by atoms with E-state index in [9.17, 15) is 22.8 Å². The second kappa shape index (κ2) is 14.3.